The summed E-state index contributed by atoms with van der Waals surface area (Å²) in [4.78, 5) is 13.1. The van der Waals surface area contributed by atoms with Crippen molar-refractivity contribution in [3.63, 3.8) is 0 Å². The van der Waals surface area contributed by atoms with E-state index in [1.807, 2.05) is 42.8 Å². The summed E-state index contributed by atoms with van der Waals surface area (Å²) in [6.45, 7) is 6.62. The van der Waals surface area contributed by atoms with Crippen LogP contribution in [0.4, 0.5) is 5.69 Å². The van der Waals surface area contributed by atoms with Gasteiger partial charge >= 0.3 is 0 Å². The van der Waals surface area contributed by atoms with Crippen LogP contribution < -0.4 is 10.1 Å². The van der Waals surface area contributed by atoms with Crippen molar-refractivity contribution in [1.82, 2.24) is 14.9 Å². The van der Waals surface area contributed by atoms with Gasteiger partial charge in [0, 0.05) is 17.5 Å². The standard InChI is InChI=1S/C24H30N4O3/c1-5-8-17-11-12-21-19(13-17)23(27-31-21)24(29)25-22-15(2)26-28(16(22)3)14-18-9-6-7-10-20(18)30-4/h6-7,9-10,17H,5,8,11-14H2,1-4H3,(H,25,29). The smallest absolute Gasteiger partial charge is 0.278 e. The van der Waals surface area contributed by atoms with Crippen LogP contribution in [0, 0.1) is 19.8 Å². The number of para-hydroxylation sites is 1. The second-order valence-electron chi connectivity index (χ2n) is 8.30. The SMILES string of the molecule is CCCC1CCc2onc(C(=O)Nc3c(C)nn(Cc4ccccc4OC)c3C)c2C1. The van der Waals surface area contributed by atoms with Crippen molar-refractivity contribution in [1.29, 1.82) is 0 Å². The Hall–Kier alpha value is -3.09. The monoisotopic (exact) mass is 422 g/mol. The van der Waals surface area contributed by atoms with Gasteiger partial charge in [-0.1, -0.05) is 43.1 Å². The Morgan fingerprint density at radius 3 is 2.90 bits per heavy atom. The van der Waals surface area contributed by atoms with Crippen LogP contribution in [0.5, 0.6) is 5.75 Å². The van der Waals surface area contributed by atoms with Gasteiger partial charge < -0.3 is 14.6 Å². The van der Waals surface area contributed by atoms with E-state index in [9.17, 15) is 4.79 Å². The average molecular weight is 423 g/mol. The largest absolute Gasteiger partial charge is 0.496 e. The lowest BCUT2D eigenvalue weighted by Crippen LogP contribution is -2.19. The minimum Gasteiger partial charge on any atom is -0.496 e. The topological polar surface area (TPSA) is 82.2 Å². The molecule has 2 aromatic heterocycles. The van der Waals surface area contributed by atoms with Gasteiger partial charge in [-0.2, -0.15) is 5.10 Å². The highest BCUT2D eigenvalue weighted by Gasteiger charge is 2.29. The Morgan fingerprint density at radius 2 is 2.13 bits per heavy atom. The molecule has 1 aromatic carbocycles. The molecule has 1 N–H and O–H groups in total. The maximum Gasteiger partial charge on any atom is 0.278 e. The summed E-state index contributed by atoms with van der Waals surface area (Å²) in [7, 11) is 1.66. The number of carbonyl (C=O) groups is 1. The highest BCUT2D eigenvalue weighted by atomic mass is 16.5. The number of hydrogen-bond acceptors (Lipinski definition) is 5. The van der Waals surface area contributed by atoms with Crippen molar-refractivity contribution in [3.05, 3.63) is 58.2 Å². The van der Waals surface area contributed by atoms with E-state index < -0.39 is 0 Å². The van der Waals surface area contributed by atoms with Gasteiger partial charge in [-0.05, 0) is 38.7 Å². The molecule has 1 unspecified atom stereocenters. The van der Waals surface area contributed by atoms with Crippen molar-refractivity contribution in [2.75, 3.05) is 12.4 Å². The van der Waals surface area contributed by atoms with Crippen molar-refractivity contribution in [3.8, 4) is 5.75 Å². The second-order valence-corrected chi connectivity index (χ2v) is 8.30. The zero-order valence-electron chi connectivity index (χ0n) is 18.7. The number of nitrogens with one attached hydrogen (secondary N) is 1. The van der Waals surface area contributed by atoms with Gasteiger partial charge in [-0.3, -0.25) is 9.48 Å². The van der Waals surface area contributed by atoms with E-state index in [0.717, 1.165) is 65.4 Å². The lowest BCUT2D eigenvalue weighted by molar-refractivity contribution is 0.101. The summed E-state index contributed by atoms with van der Waals surface area (Å²) in [6.07, 6.45) is 5.14. The Morgan fingerprint density at radius 1 is 1.32 bits per heavy atom. The number of benzene rings is 1. The van der Waals surface area contributed by atoms with E-state index in [2.05, 4.69) is 22.5 Å². The fourth-order valence-electron chi connectivity index (χ4n) is 4.51. The Bertz CT molecular complexity index is 1080. The molecule has 0 radical (unpaired) electrons. The first kappa shape index (κ1) is 21.2. The van der Waals surface area contributed by atoms with Crippen molar-refractivity contribution < 1.29 is 14.1 Å². The van der Waals surface area contributed by atoms with Crippen LogP contribution in [-0.4, -0.2) is 28.0 Å². The normalized spacial score (nSPS) is 15.5. The molecular formula is C24H30N4O3. The lowest BCUT2D eigenvalue weighted by Gasteiger charge is -2.20. The van der Waals surface area contributed by atoms with E-state index in [1.54, 1.807) is 7.11 Å². The fourth-order valence-corrected chi connectivity index (χ4v) is 4.51. The predicted molar refractivity (Wildman–Crippen MR) is 119 cm³/mol. The van der Waals surface area contributed by atoms with E-state index in [4.69, 9.17) is 9.26 Å². The zero-order valence-corrected chi connectivity index (χ0v) is 18.7. The van der Waals surface area contributed by atoms with Gasteiger partial charge in [0.2, 0.25) is 0 Å². The van der Waals surface area contributed by atoms with Crippen LogP contribution in [0.25, 0.3) is 0 Å². The summed E-state index contributed by atoms with van der Waals surface area (Å²) in [5, 5.41) is 11.8. The second kappa shape index (κ2) is 8.96. The van der Waals surface area contributed by atoms with Gasteiger partial charge in [0.1, 0.15) is 11.5 Å². The fraction of sp³-hybridized carbons (Fsp3) is 0.458. The maximum absolute atomic E-state index is 13.1. The molecule has 3 aromatic rings. The Labute approximate surface area is 182 Å². The Balaban J connectivity index is 1.54. The number of fused-ring (bicyclic) bond motifs is 1. The molecule has 0 saturated carbocycles. The van der Waals surface area contributed by atoms with E-state index >= 15 is 0 Å². The van der Waals surface area contributed by atoms with Crippen LogP contribution in [0.15, 0.2) is 28.8 Å². The number of carbonyl (C=O) groups excluding carboxylic acids is 1. The summed E-state index contributed by atoms with van der Waals surface area (Å²) in [5.74, 6) is 2.04. The van der Waals surface area contributed by atoms with Crippen molar-refractivity contribution in [2.24, 2.45) is 5.92 Å². The molecule has 0 saturated heterocycles. The average Bonchev–Trinajstić information content (AvgIpc) is 3.30. The number of anilines is 1. The number of hydrogen-bond donors (Lipinski definition) is 1. The summed E-state index contributed by atoms with van der Waals surface area (Å²) in [5.41, 5.74) is 4.78. The van der Waals surface area contributed by atoms with Crippen molar-refractivity contribution >= 4 is 11.6 Å². The molecule has 164 valence electrons. The minimum atomic E-state index is -0.231. The van der Waals surface area contributed by atoms with E-state index in [0.29, 0.717) is 18.2 Å². The van der Waals surface area contributed by atoms with Crippen LogP contribution >= 0.6 is 0 Å². The summed E-state index contributed by atoms with van der Waals surface area (Å²) >= 11 is 0. The quantitative estimate of drug-likeness (QED) is 0.597. The number of aromatic nitrogens is 3. The molecule has 4 rings (SSSR count). The maximum atomic E-state index is 13.1. The first-order chi connectivity index (χ1) is 15.0. The van der Waals surface area contributed by atoms with Crippen LogP contribution in [-0.2, 0) is 19.4 Å². The van der Waals surface area contributed by atoms with Gasteiger partial charge in [0.25, 0.3) is 5.91 Å². The number of rotatable bonds is 7. The molecule has 1 atom stereocenters. The predicted octanol–water partition coefficient (Wildman–Crippen LogP) is 4.70. The lowest BCUT2D eigenvalue weighted by atomic mass is 9.84. The molecule has 7 heteroatoms. The molecule has 2 heterocycles. The number of methoxy groups -OCH3 is 1. The molecule has 0 aliphatic heterocycles. The Kier molecular flexibility index (Phi) is 6.11. The third-order valence-electron chi connectivity index (χ3n) is 6.19. The molecule has 7 nitrogen and oxygen atoms in total. The first-order valence-corrected chi connectivity index (χ1v) is 11.0. The summed E-state index contributed by atoms with van der Waals surface area (Å²) in [6, 6.07) is 7.87. The molecule has 31 heavy (non-hydrogen) atoms. The molecular weight excluding hydrogens is 392 g/mol. The van der Waals surface area contributed by atoms with Gasteiger partial charge in [0.05, 0.1) is 30.7 Å². The van der Waals surface area contributed by atoms with Gasteiger partial charge in [0.15, 0.2) is 5.69 Å². The number of nitrogens with zero attached hydrogens (tertiary/aromatic N) is 3. The molecule has 1 aliphatic carbocycles. The van der Waals surface area contributed by atoms with Gasteiger partial charge in [-0.15, -0.1) is 0 Å². The van der Waals surface area contributed by atoms with Crippen molar-refractivity contribution in [2.45, 2.75) is 59.4 Å². The van der Waals surface area contributed by atoms with E-state index in [1.165, 1.54) is 6.42 Å². The van der Waals surface area contributed by atoms with Crippen LogP contribution in [0.3, 0.4) is 0 Å². The molecule has 0 fully saturated rings. The highest BCUT2D eigenvalue weighted by molar-refractivity contribution is 6.04. The number of aryl methyl sites for hydroxylation is 2. The zero-order chi connectivity index (χ0) is 22.0. The van der Waals surface area contributed by atoms with Crippen LogP contribution in [0.1, 0.15) is 64.9 Å². The number of amides is 1. The number of ether oxygens (including phenoxy) is 1. The first-order valence-electron chi connectivity index (χ1n) is 11.0. The summed E-state index contributed by atoms with van der Waals surface area (Å²) < 4.78 is 12.8. The van der Waals surface area contributed by atoms with Crippen LogP contribution in [0.2, 0.25) is 0 Å². The molecule has 1 amide bonds. The third-order valence-corrected chi connectivity index (χ3v) is 6.19. The van der Waals surface area contributed by atoms with Gasteiger partial charge in [-0.25, -0.2) is 0 Å². The molecule has 0 spiro atoms. The molecule has 0 bridgehead atoms. The molecule has 1 aliphatic rings. The van der Waals surface area contributed by atoms with E-state index in [-0.39, 0.29) is 5.91 Å². The third kappa shape index (κ3) is 4.22. The highest BCUT2D eigenvalue weighted by Crippen LogP contribution is 2.31. The minimum absolute atomic E-state index is 0.231.